The van der Waals surface area contributed by atoms with Gasteiger partial charge in [-0.3, -0.25) is 4.79 Å². The van der Waals surface area contributed by atoms with E-state index in [2.05, 4.69) is 15.9 Å². The third-order valence-corrected chi connectivity index (χ3v) is 3.36. The largest absolute Gasteiger partial charge is 0.458 e. The fourth-order valence-corrected chi connectivity index (χ4v) is 2.46. The monoisotopic (exact) mass is 310 g/mol. The minimum atomic E-state index is -0.999. The molecule has 0 saturated heterocycles. The smallest absolute Gasteiger partial charge is 0.237 e. The Kier molecular flexibility index (Phi) is 3.59. The Bertz CT molecular complexity index is 522. The SMILES string of the molecule is CCOC1(C)Oc2ccc(Br)cc2C=C1C(C)=O. The van der Waals surface area contributed by atoms with E-state index in [0.717, 1.165) is 15.8 Å². The summed E-state index contributed by atoms with van der Waals surface area (Å²) in [6.45, 7) is 5.65. The molecule has 1 unspecified atom stereocenters. The van der Waals surface area contributed by atoms with Crippen LogP contribution in [0.15, 0.2) is 28.2 Å². The summed E-state index contributed by atoms with van der Waals surface area (Å²) in [4.78, 5) is 11.7. The second-order valence-electron chi connectivity index (χ2n) is 4.28. The van der Waals surface area contributed by atoms with Crippen LogP contribution in [-0.4, -0.2) is 18.2 Å². The van der Waals surface area contributed by atoms with E-state index in [4.69, 9.17) is 9.47 Å². The molecule has 0 radical (unpaired) electrons. The van der Waals surface area contributed by atoms with Gasteiger partial charge in [-0.2, -0.15) is 0 Å². The Hall–Kier alpha value is -1.13. The van der Waals surface area contributed by atoms with Crippen LogP contribution in [0.5, 0.6) is 5.75 Å². The van der Waals surface area contributed by atoms with E-state index in [-0.39, 0.29) is 5.78 Å². The van der Waals surface area contributed by atoms with Gasteiger partial charge in [0.1, 0.15) is 5.75 Å². The van der Waals surface area contributed by atoms with Gasteiger partial charge in [0.15, 0.2) is 5.78 Å². The molecule has 1 aliphatic rings. The maximum absolute atomic E-state index is 11.7. The maximum Gasteiger partial charge on any atom is 0.237 e. The van der Waals surface area contributed by atoms with Gasteiger partial charge in [-0.1, -0.05) is 15.9 Å². The lowest BCUT2D eigenvalue weighted by atomic mass is 9.97. The first-order chi connectivity index (χ1) is 8.46. The molecule has 0 aliphatic carbocycles. The molecule has 96 valence electrons. The average Bonchev–Trinajstić information content (AvgIpc) is 2.28. The average molecular weight is 311 g/mol. The van der Waals surface area contributed by atoms with E-state index in [0.29, 0.717) is 12.2 Å². The van der Waals surface area contributed by atoms with Crippen molar-refractivity contribution in [1.29, 1.82) is 0 Å². The predicted molar refractivity (Wildman–Crippen MR) is 73.5 cm³/mol. The molecular formula is C14H15BrO3. The number of rotatable bonds is 3. The number of hydrogen-bond donors (Lipinski definition) is 0. The normalized spacial score (nSPS) is 21.9. The van der Waals surface area contributed by atoms with E-state index in [1.54, 1.807) is 6.92 Å². The number of carbonyl (C=O) groups excluding carboxylic acids is 1. The third kappa shape index (κ3) is 2.35. The van der Waals surface area contributed by atoms with Crippen molar-refractivity contribution in [1.82, 2.24) is 0 Å². The number of halogens is 1. The highest BCUT2D eigenvalue weighted by Gasteiger charge is 2.38. The summed E-state index contributed by atoms with van der Waals surface area (Å²) in [5.41, 5.74) is 1.42. The minimum absolute atomic E-state index is 0.0448. The summed E-state index contributed by atoms with van der Waals surface area (Å²) in [6.07, 6.45) is 1.83. The third-order valence-electron chi connectivity index (χ3n) is 2.86. The lowest BCUT2D eigenvalue weighted by Crippen LogP contribution is -2.42. The Balaban J connectivity index is 2.53. The molecule has 0 fully saturated rings. The van der Waals surface area contributed by atoms with E-state index in [9.17, 15) is 4.79 Å². The predicted octanol–water partition coefficient (Wildman–Crippen LogP) is 3.57. The van der Waals surface area contributed by atoms with Gasteiger partial charge in [-0.15, -0.1) is 0 Å². The zero-order valence-electron chi connectivity index (χ0n) is 10.6. The highest BCUT2D eigenvalue weighted by Crippen LogP contribution is 2.37. The number of ether oxygens (including phenoxy) is 2. The van der Waals surface area contributed by atoms with Crippen molar-refractivity contribution in [3.63, 3.8) is 0 Å². The first-order valence-corrected chi connectivity index (χ1v) is 6.61. The number of benzene rings is 1. The van der Waals surface area contributed by atoms with Gasteiger partial charge in [0.2, 0.25) is 5.79 Å². The van der Waals surface area contributed by atoms with Crippen molar-refractivity contribution < 1.29 is 14.3 Å². The lowest BCUT2D eigenvalue weighted by molar-refractivity contribution is -0.147. The number of fused-ring (bicyclic) bond motifs is 1. The van der Waals surface area contributed by atoms with E-state index in [1.807, 2.05) is 31.2 Å². The van der Waals surface area contributed by atoms with Gasteiger partial charge in [-0.25, -0.2) is 0 Å². The van der Waals surface area contributed by atoms with Gasteiger partial charge in [-0.05, 0) is 38.1 Å². The quantitative estimate of drug-likeness (QED) is 0.856. The molecule has 3 nitrogen and oxygen atoms in total. The van der Waals surface area contributed by atoms with Crippen LogP contribution in [0, 0.1) is 0 Å². The highest BCUT2D eigenvalue weighted by molar-refractivity contribution is 9.10. The summed E-state index contributed by atoms with van der Waals surface area (Å²) in [7, 11) is 0. The van der Waals surface area contributed by atoms with Gasteiger partial charge < -0.3 is 9.47 Å². The van der Waals surface area contributed by atoms with Crippen molar-refractivity contribution >= 4 is 27.8 Å². The summed E-state index contributed by atoms with van der Waals surface area (Å²) >= 11 is 3.41. The molecule has 1 heterocycles. The zero-order valence-corrected chi connectivity index (χ0v) is 12.2. The van der Waals surface area contributed by atoms with Crippen LogP contribution in [0.4, 0.5) is 0 Å². The van der Waals surface area contributed by atoms with Gasteiger partial charge >= 0.3 is 0 Å². The second-order valence-corrected chi connectivity index (χ2v) is 5.19. The van der Waals surface area contributed by atoms with Crippen molar-refractivity contribution in [3.8, 4) is 5.75 Å². The molecule has 0 aromatic heterocycles. The van der Waals surface area contributed by atoms with Crippen molar-refractivity contribution in [3.05, 3.63) is 33.8 Å². The molecule has 1 aromatic rings. The standard InChI is InChI=1S/C14H15BrO3/c1-4-17-14(3)12(9(2)16)8-10-7-11(15)5-6-13(10)18-14/h5-8H,4H2,1-3H3. The molecule has 0 spiro atoms. The molecule has 0 saturated carbocycles. The Labute approximate surface area is 115 Å². The second kappa shape index (κ2) is 4.86. The maximum atomic E-state index is 11.7. The van der Waals surface area contributed by atoms with Crippen LogP contribution in [0.1, 0.15) is 26.3 Å². The fourth-order valence-electron chi connectivity index (χ4n) is 2.08. The Morgan fingerprint density at radius 3 is 2.83 bits per heavy atom. The van der Waals surface area contributed by atoms with E-state index in [1.165, 1.54) is 6.92 Å². The highest BCUT2D eigenvalue weighted by atomic mass is 79.9. The van der Waals surface area contributed by atoms with Crippen LogP contribution in [0.2, 0.25) is 0 Å². The molecule has 2 rings (SSSR count). The van der Waals surface area contributed by atoms with Crippen LogP contribution >= 0.6 is 15.9 Å². The van der Waals surface area contributed by atoms with Gasteiger partial charge in [0.05, 0.1) is 5.57 Å². The van der Waals surface area contributed by atoms with E-state index < -0.39 is 5.79 Å². The topological polar surface area (TPSA) is 35.5 Å². The van der Waals surface area contributed by atoms with Gasteiger partial charge in [0, 0.05) is 23.6 Å². The molecule has 0 amide bonds. The van der Waals surface area contributed by atoms with Crippen molar-refractivity contribution in [2.45, 2.75) is 26.6 Å². The molecule has 1 aromatic carbocycles. The molecule has 0 N–H and O–H groups in total. The van der Waals surface area contributed by atoms with Crippen LogP contribution in [0.3, 0.4) is 0 Å². The van der Waals surface area contributed by atoms with Crippen molar-refractivity contribution in [2.24, 2.45) is 0 Å². The fraction of sp³-hybridized carbons (Fsp3) is 0.357. The number of ketones is 1. The molecule has 1 aliphatic heterocycles. The first kappa shape index (κ1) is 13.3. The summed E-state index contributed by atoms with van der Waals surface area (Å²) in [6, 6.07) is 5.69. The van der Waals surface area contributed by atoms with Crippen LogP contribution in [0.25, 0.3) is 6.08 Å². The molecule has 4 heteroatoms. The molecule has 1 atom stereocenters. The number of carbonyl (C=O) groups is 1. The number of Topliss-reactive ketones (excluding diaryl/α,β-unsaturated/α-hetero) is 1. The summed E-state index contributed by atoms with van der Waals surface area (Å²) in [5, 5.41) is 0. The zero-order chi connectivity index (χ0) is 13.3. The summed E-state index contributed by atoms with van der Waals surface area (Å²) < 4.78 is 12.4. The van der Waals surface area contributed by atoms with Crippen molar-refractivity contribution in [2.75, 3.05) is 6.61 Å². The van der Waals surface area contributed by atoms with E-state index >= 15 is 0 Å². The first-order valence-electron chi connectivity index (χ1n) is 5.82. The Morgan fingerprint density at radius 1 is 1.50 bits per heavy atom. The summed E-state index contributed by atoms with van der Waals surface area (Å²) in [5.74, 6) is -0.322. The lowest BCUT2D eigenvalue weighted by Gasteiger charge is -2.35. The molecule has 0 bridgehead atoms. The van der Waals surface area contributed by atoms with Crippen LogP contribution in [-0.2, 0) is 9.53 Å². The molecule has 18 heavy (non-hydrogen) atoms. The number of hydrogen-bond acceptors (Lipinski definition) is 3. The van der Waals surface area contributed by atoms with Crippen LogP contribution < -0.4 is 4.74 Å². The Morgan fingerprint density at radius 2 is 2.22 bits per heavy atom. The van der Waals surface area contributed by atoms with Gasteiger partial charge in [0.25, 0.3) is 0 Å². The molecular weight excluding hydrogens is 296 g/mol. The minimum Gasteiger partial charge on any atom is -0.458 e.